The van der Waals surface area contributed by atoms with E-state index in [-0.39, 0.29) is 0 Å². The number of hydrogen-bond acceptors (Lipinski definition) is 5. The van der Waals surface area contributed by atoms with Crippen molar-refractivity contribution in [2.24, 2.45) is 0 Å². The van der Waals surface area contributed by atoms with Crippen molar-refractivity contribution in [3.8, 4) is 16.9 Å². The molecule has 1 aliphatic heterocycles. The number of nitrogens with zero attached hydrogens (tertiary/aromatic N) is 7. The largest absolute Gasteiger partial charge is 0.297 e. The Bertz CT molecular complexity index is 1150. The zero-order valence-electron chi connectivity index (χ0n) is 17.4. The molecule has 0 amide bonds. The maximum absolute atomic E-state index is 4.94. The first-order chi connectivity index (χ1) is 15.3. The molecule has 1 aromatic carbocycles. The lowest BCUT2D eigenvalue weighted by Gasteiger charge is -2.19. The van der Waals surface area contributed by atoms with E-state index in [1.54, 1.807) is 0 Å². The fourth-order valence-electron chi connectivity index (χ4n) is 4.27. The molecule has 1 aliphatic carbocycles. The normalized spacial score (nSPS) is 16.8. The van der Waals surface area contributed by atoms with E-state index < -0.39 is 0 Å². The minimum atomic E-state index is 0.613. The Hall–Kier alpha value is -3.32. The van der Waals surface area contributed by atoms with Crippen molar-refractivity contribution in [3.63, 3.8) is 0 Å². The van der Waals surface area contributed by atoms with Crippen LogP contribution in [-0.2, 0) is 19.5 Å². The van der Waals surface area contributed by atoms with Gasteiger partial charge in [-0.25, -0.2) is 14.3 Å². The molecule has 1 saturated carbocycles. The SMILES string of the molecule is c1ccc(-n2cc(CN3CCc4nc(C5CC5)nn4CC3)c(-c3ccncc3)n2)cc1. The second kappa shape index (κ2) is 7.74. The van der Waals surface area contributed by atoms with Crippen LogP contribution in [0.5, 0.6) is 0 Å². The minimum absolute atomic E-state index is 0.613. The van der Waals surface area contributed by atoms with Crippen LogP contribution >= 0.6 is 0 Å². The number of rotatable bonds is 5. The molecule has 7 nitrogen and oxygen atoms in total. The van der Waals surface area contributed by atoms with Crippen molar-refractivity contribution in [1.82, 2.24) is 34.4 Å². The quantitative estimate of drug-likeness (QED) is 0.503. The molecule has 0 unspecified atom stereocenters. The molecule has 0 atom stereocenters. The van der Waals surface area contributed by atoms with E-state index in [0.29, 0.717) is 5.92 Å². The molecule has 156 valence electrons. The van der Waals surface area contributed by atoms with Crippen LogP contribution in [-0.4, -0.2) is 47.5 Å². The fourth-order valence-corrected chi connectivity index (χ4v) is 4.27. The summed E-state index contributed by atoms with van der Waals surface area (Å²) in [7, 11) is 0. The first-order valence-corrected chi connectivity index (χ1v) is 11.0. The average molecular weight is 412 g/mol. The van der Waals surface area contributed by atoms with Gasteiger partial charge in [-0.15, -0.1) is 0 Å². The molecule has 0 saturated heterocycles. The van der Waals surface area contributed by atoms with E-state index >= 15 is 0 Å². The zero-order chi connectivity index (χ0) is 20.6. The maximum Gasteiger partial charge on any atom is 0.154 e. The van der Waals surface area contributed by atoms with Gasteiger partial charge in [-0.1, -0.05) is 18.2 Å². The van der Waals surface area contributed by atoms with Gasteiger partial charge in [-0.05, 0) is 37.1 Å². The highest BCUT2D eigenvalue weighted by molar-refractivity contribution is 5.62. The van der Waals surface area contributed by atoms with Crippen LogP contribution in [0.4, 0.5) is 0 Å². The summed E-state index contributed by atoms with van der Waals surface area (Å²) in [4.78, 5) is 11.5. The van der Waals surface area contributed by atoms with E-state index in [1.807, 2.05) is 47.4 Å². The topological polar surface area (TPSA) is 64.7 Å². The van der Waals surface area contributed by atoms with Gasteiger partial charge in [0.2, 0.25) is 0 Å². The summed E-state index contributed by atoms with van der Waals surface area (Å²) in [5.41, 5.74) is 4.40. The molecule has 4 aromatic rings. The predicted octanol–water partition coefficient (Wildman–Crippen LogP) is 3.46. The standard InChI is InChI=1S/C24H25N7/c1-2-4-21(5-3-1)31-17-20(23(27-31)18-8-11-25-12-9-18)16-29-13-10-22-26-24(19-6-7-19)28-30(22)15-14-29/h1-5,8-9,11-12,17,19H,6-7,10,13-16H2. The highest BCUT2D eigenvalue weighted by Crippen LogP contribution is 2.38. The molecular formula is C24H25N7. The van der Waals surface area contributed by atoms with Crippen LogP contribution < -0.4 is 0 Å². The Morgan fingerprint density at radius 3 is 2.55 bits per heavy atom. The van der Waals surface area contributed by atoms with Gasteiger partial charge in [0.1, 0.15) is 5.82 Å². The Balaban J connectivity index is 1.26. The Kier molecular flexibility index (Phi) is 4.61. The van der Waals surface area contributed by atoms with Crippen LogP contribution in [0.15, 0.2) is 61.1 Å². The molecule has 0 bridgehead atoms. The molecule has 1 fully saturated rings. The molecular weight excluding hydrogens is 386 g/mol. The van der Waals surface area contributed by atoms with E-state index in [9.17, 15) is 0 Å². The monoisotopic (exact) mass is 411 g/mol. The highest BCUT2D eigenvalue weighted by Gasteiger charge is 2.29. The van der Waals surface area contributed by atoms with E-state index in [0.717, 1.165) is 61.2 Å². The molecule has 0 spiro atoms. The van der Waals surface area contributed by atoms with Crippen molar-refractivity contribution in [3.05, 3.63) is 78.3 Å². The van der Waals surface area contributed by atoms with Gasteiger partial charge in [0.25, 0.3) is 0 Å². The van der Waals surface area contributed by atoms with Crippen LogP contribution in [0, 0.1) is 0 Å². The smallest absolute Gasteiger partial charge is 0.154 e. The van der Waals surface area contributed by atoms with Gasteiger partial charge in [0, 0.05) is 61.7 Å². The summed E-state index contributed by atoms with van der Waals surface area (Å²) in [5.74, 6) is 2.81. The third kappa shape index (κ3) is 3.77. The van der Waals surface area contributed by atoms with Gasteiger partial charge in [0.05, 0.1) is 17.9 Å². The lowest BCUT2D eigenvalue weighted by Crippen LogP contribution is -2.26. The second-order valence-corrected chi connectivity index (χ2v) is 8.43. The summed E-state index contributed by atoms with van der Waals surface area (Å²) in [6, 6.07) is 14.3. The van der Waals surface area contributed by atoms with Crippen LogP contribution in [0.3, 0.4) is 0 Å². The number of pyridine rings is 1. The molecule has 0 N–H and O–H groups in total. The van der Waals surface area contributed by atoms with E-state index in [2.05, 4.69) is 32.9 Å². The van der Waals surface area contributed by atoms with E-state index in [1.165, 1.54) is 18.4 Å². The molecule has 2 aliphatic rings. The Morgan fingerprint density at radius 2 is 1.74 bits per heavy atom. The van der Waals surface area contributed by atoms with Crippen LogP contribution in [0.25, 0.3) is 16.9 Å². The Labute approximate surface area is 181 Å². The summed E-state index contributed by atoms with van der Waals surface area (Å²) in [6.45, 7) is 3.69. The summed E-state index contributed by atoms with van der Waals surface area (Å²) < 4.78 is 4.11. The number of fused-ring (bicyclic) bond motifs is 1. The third-order valence-corrected chi connectivity index (χ3v) is 6.15. The molecule has 6 rings (SSSR count). The zero-order valence-corrected chi connectivity index (χ0v) is 17.4. The highest BCUT2D eigenvalue weighted by atomic mass is 15.4. The molecule has 4 heterocycles. The fraction of sp³-hybridized carbons (Fsp3) is 0.333. The van der Waals surface area contributed by atoms with Gasteiger partial charge in [-0.3, -0.25) is 9.88 Å². The number of hydrogen-bond donors (Lipinski definition) is 0. The van der Waals surface area contributed by atoms with Crippen LogP contribution in [0.2, 0.25) is 0 Å². The average Bonchev–Trinajstić information content (AvgIpc) is 3.51. The first-order valence-electron chi connectivity index (χ1n) is 11.0. The van der Waals surface area contributed by atoms with Gasteiger partial charge in [0.15, 0.2) is 5.82 Å². The van der Waals surface area contributed by atoms with Gasteiger partial charge in [-0.2, -0.15) is 10.2 Å². The van der Waals surface area contributed by atoms with Crippen molar-refractivity contribution in [2.75, 3.05) is 13.1 Å². The summed E-state index contributed by atoms with van der Waals surface area (Å²) in [5, 5.41) is 9.72. The minimum Gasteiger partial charge on any atom is -0.297 e. The number of para-hydroxylation sites is 1. The molecule has 7 heteroatoms. The number of benzene rings is 1. The molecule has 0 radical (unpaired) electrons. The maximum atomic E-state index is 4.94. The van der Waals surface area contributed by atoms with Crippen molar-refractivity contribution in [1.29, 1.82) is 0 Å². The lowest BCUT2D eigenvalue weighted by atomic mass is 10.1. The predicted molar refractivity (Wildman–Crippen MR) is 118 cm³/mol. The van der Waals surface area contributed by atoms with Crippen LogP contribution in [0.1, 0.15) is 36.0 Å². The van der Waals surface area contributed by atoms with Gasteiger partial charge < -0.3 is 0 Å². The lowest BCUT2D eigenvalue weighted by molar-refractivity contribution is 0.269. The van der Waals surface area contributed by atoms with Crippen molar-refractivity contribution < 1.29 is 0 Å². The number of aromatic nitrogens is 6. The summed E-state index contributed by atoms with van der Waals surface area (Å²) >= 11 is 0. The molecule has 31 heavy (non-hydrogen) atoms. The van der Waals surface area contributed by atoms with E-state index in [4.69, 9.17) is 15.2 Å². The first kappa shape index (κ1) is 18.4. The Morgan fingerprint density at radius 1 is 0.903 bits per heavy atom. The van der Waals surface area contributed by atoms with Crippen molar-refractivity contribution >= 4 is 0 Å². The second-order valence-electron chi connectivity index (χ2n) is 8.43. The van der Waals surface area contributed by atoms with Crippen molar-refractivity contribution in [2.45, 2.75) is 38.3 Å². The summed E-state index contributed by atoms with van der Waals surface area (Å²) in [6.07, 6.45) is 9.26. The third-order valence-electron chi connectivity index (χ3n) is 6.15. The van der Waals surface area contributed by atoms with Gasteiger partial charge >= 0.3 is 0 Å². The molecule has 3 aromatic heterocycles.